The van der Waals surface area contributed by atoms with Crippen LogP contribution >= 0.6 is 11.6 Å². The second-order valence-electron chi connectivity index (χ2n) is 5.06. The van der Waals surface area contributed by atoms with Crippen LogP contribution in [0.1, 0.15) is 12.8 Å². The minimum atomic E-state index is -0.487. The maximum atomic E-state index is 13.8. The highest BCUT2D eigenvalue weighted by molar-refractivity contribution is 6.30. The Bertz CT molecular complexity index is 686. The molecule has 0 bridgehead atoms. The molecule has 3 rings (SSSR count). The quantitative estimate of drug-likeness (QED) is 0.912. The van der Waals surface area contributed by atoms with Crippen LogP contribution in [-0.2, 0) is 4.79 Å². The zero-order valence-electron chi connectivity index (χ0n) is 11.6. The molecule has 22 heavy (non-hydrogen) atoms. The van der Waals surface area contributed by atoms with Gasteiger partial charge in [-0.15, -0.1) is 0 Å². The van der Waals surface area contributed by atoms with Gasteiger partial charge in [-0.1, -0.05) is 11.6 Å². The average molecular weight is 321 g/mol. The van der Waals surface area contributed by atoms with E-state index in [-0.39, 0.29) is 23.3 Å². The van der Waals surface area contributed by atoms with Gasteiger partial charge in [0, 0.05) is 5.02 Å². The smallest absolute Gasteiger partial charge is 0.241 e. The minimum Gasteiger partial charge on any atom is -0.322 e. The van der Waals surface area contributed by atoms with E-state index in [0.29, 0.717) is 10.7 Å². The Balaban J connectivity index is 1.73. The number of carbonyl (C=O) groups is 1. The Morgan fingerprint density at radius 1 is 1.36 bits per heavy atom. The molecule has 1 aromatic carbocycles. The summed E-state index contributed by atoms with van der Waals surface area (Å²) in [6.07, 6.45) is 4.73. The van der Waals surface area contributed by atoms with Crippen molar-refractivity contribution in [3.63, 3.8) is 0 Å². The number of carbonyl (C=O) groups excluding carboxylic acids is 1. The van der Waals surface area contributed by atoms with Crippen LogP contribution in [-0.4, -0.2) is 28.5 Å². The lowest BCUT2D eigenvalue weighted by atomic mass is 10.2. The van der Waals surface area contributed by atoms with E-state index >= 15 is 0 Å². The SMILES string of the molecule is O=C(Nc1cnc(-c2ccc(Cl)cc2F)nc1)C1CCCN1. The van der Waals surface area contributed by atoms with Gasteiger partial charge in [0.25, 0.3) is 0 Å². The van der Waals surface area contributed by atoms with Crippen LogP contribution in [0.5, 0.6) is 0 Å². The van der Waals surface area contributed by atoms with Gasteiger partial charge in [-0.05, 0) is 37.6 Å². The predicted molar refractivity (Wildman–Crippen MR) is 82.1 cm³/mol. The van der Waals surface area contributed by atoms with Crippen molar-refractivity contribution in [3.8, 4) is 11.4 Å². The summed E-state index contributed by atoms with van der Waals surface area (Å²) in [6, 6.07) is 4.13. The molecule has 0 saturated carbocycles. The molecule has 2 N–H and O–H groups in total. The van der Waals surface area contributed by atoms with Gasteiger partial charge in [-0.3, -0.25) is 4.79 Å². The van der Waals surface area contributed by atoms with Gasteiger partial charge in [0.1, 0.15) is 5.82 Å². The molecule has 114 valence electrons. The molecule has 1 aliphatic heterocycles. The van der Waals surface area contributed by atoms with Crippen molar-refractivity contribution in [2.75, 3.05) is 11.9 Å². The van der Waals surface area contributed by atoms with Crippen LogP contribution in [0.25, 0.3) is 11.4 Å². The van der Waals surface area contributed by atoms with Gasteiger partial charge in [-0.25, -0.2) is 14.4 Å². The molecule has 5 nitrogen and oxygen atoms in total. The van der Waals surface area contributed by atoms with Crippen molar-refractivity contribution in [2.45, 2.75) is 18.9 Å². The molecule has 2 heterocycles. The maximum absolute atomic E-state index is 13.8. The first kappa shape index (κ1) is 14.9. The molecule has 2 aromatic rings. The Hall–Kier alpha value is -2.05. The van der Waals surface area contributed by atoms with E-state index in [1.54, 1.807) is 6.07 Å². The van der Waals surface area contributed by atoms with E-state index in [1.165, 1.54) is 24.5 Å². The third-order valence-corrected chi connectivity index (χ3v) is 3.70. The van der Waals surface area contributed by atoms with Crippen molar-refractivity contribution in [3.05, 3.63) is 41.4 Å². The molecule has 0 aliphatic carbocycles. The highest BCUT2D eigenvalue weighted by Crippen LogP contribution is 2.22. The van der Waals surface area contributed by atoms with Gasteiger partial charge in [-0.2, -0.15) is 0 Å². The normalized spacial score (nSPS) is 17.5. The predicted octanol–water partition coefficient (Wildman–Crippen LogP) is 2.63. The first-order valence-electron chi connectivity index (χ1n) is 6.95. The van der Waals surface area contributed by atoms with Gasteiger partial charge in [0.2, 0.25) is 5.91 Å². The molecular weight excluding hydrogens is 307 g/mol. The van der Waals surface area contributed by atoms with Crippen molar-refractivity contribution in [2.24, 2.45) is 0 Å². The summed E-state index contributed by atoms with van der Waals surface area (Å²) in [5, 5.41) is 6.17. The summed E-state index contributed by atoms with van der Waals surface area (Å²) in [7, 11) is 0. The highest BCUT2D eigenvalue weighted by Gasteiger charge is 2.22. The highest BCUT2D eigenvalue weighted by atomic mass is 35.5. The molecule has 7 heteroatoms. The van der Waals surface area contributed by atoms with Crippen LogP contribution in [0.2, 0.25) is 5.02 Å². The molecule has 1 fully saturated rings. The fourth-order valence-corrected chi connectivity index (χ4v) is 2.50. The molecule has 1 saturated heterocycles. The Kier molecular flexibility index (Phi) is 4.31. The van der Waals surface area contributed by atoms with E-state index in [1.807, 2.05) is 0 Å². The van der Waals surface area contributed by atoms with Gasteiger partial charge >= 0.3 is 0 Å². The summed E-state index contributed by atoms with van der Waals surface area (Å²) < 4.78 is 13.8. The fraction of sp³-hybridized carbons (Fsp3) is 0.267. The van der Waals surface area contributed by atoms with Crippen molar-refractivity contribution >= 4 is 23.2 Å². The Labute approximate surface area is 131 Å². The largest absolute Gasteiger partial charge is 0.322 e. The Morgan fingerprint density at radius 3 is 2.77 bits per heavy atom. The lowest BCUT2D eigenvalue weighted by Crippen LogP contribution is -2.35. The number of benzene rings is 1. The number of anilines is 1. The van der Waals surface area contributed by atoms with Crippen LogP contribution in [0.4, 0.5) is 10.1 Å². The van der Waals surface area contributed by atoms with Gasteiger partial charge in [0.15, 0.2) is 5.82 Å². The third kappa shape index (κ3) is 3.23. The van der Waals surface area contributed by atoms with Gasteiger partial charge in [0.05, 0.1) is 29.7 Å². The van der Waals surface area contributed by atoms with Crippen LogP contribution in [0, 0.1) is 5.82 Å². The number of rotatable bonds is 3. The van der Waals surface area contributed by atoms with Crippen LogP contribution < -0.4 is 10.6 Å². The number of hydrogen-bond donors (Lipinski definition) is 2. The number of halogens is 2. The van der Waals surface area contributed by atoms with Crippen molar-refractivity contribution < 1.29 is 9.18 Å². The number of nitrogens with zero attached hydrogens (tertiary/aromatic N) is 2. The summed E-state index contributed by atoms with van der Waals surface area (Å²) in [6.45, 7) is 0.851. The monoisotopic (exact) mass is 320 g/mol. The number of amides is 1. The van der Waals surface area contributed by atoms with E-state index in [4.69, 9.17) is 11.6 Å². The zero-order chi connectivity index (χ0) is 15.5. The molecule has 0 radical (unpaired) electrons. The van der Waals surface area contributed by atoms with Crippen LogP contribution in [0.15, 0.2) is 30.6 Å². The second kappa shape index (κ2) is 6.37. The molecule has 1 atom stereocenters. The third-order valence-electron chi connectivity index (χ3n) is 3.47. The number of hydrogen-bond acceptors (Lipinski definition) is 4. The van der Waals surface area contributed by atoms with Crippen molar-refractivity contribution in [1.29, 1.82) is 0 Å². The standard InChI is InChI=1S/C15H14ClFN4O/c16-9-3-4-11(12(17)6-9)14-19-7-10(8-20-14)21-15(22)13-2-1-5-18-13/h3-4,6-8,13,18H,1-2,5H2,(H,21,22). The van der Waals surface area contributed by atoms with E-state index in [2.05, 4.69) is 20.6 Å². The van der Waals surface area contributed by atoms with E-state index in [0.717, 1.165) is 19.4 Å². The lowest BCUT2D eigenvalue weighted by Gasteiger charge is -2.10. The molecule has 1 unspecified atom stereocenters. The second-order valence-corrected chi connectivity index (χ2v) is 5.49. The summed E-state index contributed by atoms with van der Waals surface area (Å²) >= 11 is 5.71. The molecule has 0 spiro atoms. The first-order valence-corrected chi connectivity index (χ1v) is 7.33. The maximum Gasteiger partial charge on any atom is 0.241 e. The first-order chi connectivity index (χ1) is 10.6. The number of nitrogens with one attached hydrogen (secondary N) is 2. The van der Waals surface area contributed by atoms with Crippen LogP contribution in [0.3, 0.4) is 0 Å². The fourth-order valence-electron chi connectivity index (χ4n) is 2.34. The summed E-state index contributed by atoms with van der Waals surface area (Å²) in [5.74, 6) is -0.350. The Morgan fingerprint density at radius 2 is 2.14 bits per heavy atom. The summed E-state index contributed by atoms with van der Waals surface area (Å²) in [5.41, 5.74) is 0.747. The van der Waals surface area contributed by atoms with Gasteiger partial charge < -0.3 is 10.6 Å². The molecular formula is C15H14ClFN4O. The zero-order valence-corrected chi connectivity index (χ0v) is 12.4. The topological polar surface area (TPSA) is 66.9 Å². The summed E-state index contributed by atoms with van der Waals surface area (Å²) in [4.78, 5) is 20.1. The molecule has 1 aliphatic rings. The minimum absolute atomic E-state index is 0.105. The molecule has 1 aromatic heterocycles. The lowest BCUT2D eigenvalue weighted by molar-refractivity contribution is -0.117. The van der Waals surface area contributed by atoms with E-state index < -0.39 is 5.82 Å². The molecule has 1 amide bonds. The average Bonchev–Trinajstić information content (AvgIpc) is 3.03. The van der Waals surface area contributed by atoms with Crippen molar-refractivity contribution in [1.82, 2.24) is 15.3 Å². The number of aromatic nitrogens is 2. The van der Waals surface area contributed by atoms with E-state index in [9.17, 15) is 9.18 Å².